The van der Waals surface area contributed by atoms with E-state index in [1.54, 1.807) is 12.1 Å². The molecule has 0 aliphatic carbocycles. The Bertz CT molecular complexity index is 605. The van der Waals surface area contributed by atoms with Crippen LogP contribution in [0, 0.1) is 19.7 Å². The van der Waals surface area contributed by atoms with Gasteiger partial charge in [0.05, 0.1) is 0 Å². The molecule has 0 saturated carbocycles. The van der Waals surface area contributed by atoms with E-state index in [1.807, 2.05) is 26.0 Å². The van der Waals surface area contributed by atoms with Crippen molar-refractivity contribution in [3.8, 4) is 5.75 Å². The molecule has 0 unspecified atom stereocenters. The molecule has 2 aromatic carbocycles. The summed E-state index contributed by atoms with van der Waals surface area (Å²) in [6, 6.07) is 8.65. The maximum absolute atomic E-state index is 13.8. The summed E-state index contributed by atoms with van der Waals surface area (Å²) in [5.74, 6) is 0.391. The highest BCUT2D eigenvalue weighted by atomic mass is 35.5. The average Bonchev–Trinajstić information content (AvgIpc) is 2.43. The average molecular weight is 294 g/mol. The fourth-order valence-corrected chi connectivity index (χ4v) is 2.09. The van der Waals surface area contributed by atoms with Crippen LogP contribution in [-0.2, 0) is 13.2 Å². The molecule has 2 aromatic rings. The van der Waals surface area contributed by atoms with Crippen LogP contribution in [0.3, 0.4) is 0 Å². The third-order valence-electron chi connectivity index (χ3n) is 3.16. The maximum atomic E-state index is 13.8. The monoisotopic (exact) mass is 293 g/mol. The largest absolute Gasteiger partial charge is 0.489 e. The number of hydrogen-bond donors (Lipinski definition) is 1. The van der Waals surface area contributed by atoms with Crippen molar-refractivity contribution >= 4 is 11.6 Å². The summed E-state index contributed by atoms with van der Waals surface area (Å²) in [4.78, 5) is 0. The number of hydrogen-bond acceptors (Lipinski definition) is 2. The molecule has 106 valence electrons. The van der Waals surface area contributed by atoms with Crippen molar-refractivity contribution in [1.29, 1.82) is 0 Å². The Hall–Kier alpha value is -1.58. The van der Waals surface area contributed by atoms with Gasteiger partial charge in [0, 0.05) is 17.1 Å². The molecule has 0 saturated heterocycles. The van der Waals surface area contributed by atoms with Crippen molar-refractivity contribution in [3.63, 3.8) is 0 Å². The summed E-state index contributed by atoms with van der Waals surface area (Å²) in [6.45, 7) is 4.34. The second-order valence-electron chi connectivity index (χ2n) is 4.79. The fraction of sp³-hybridized carbons (Fsp3) is 0.250. The maximum Gasteiger partial charge on any atom is 0.130 e. The second-order valence-corrected chi connectivity index (χ2v) is 5.17. The van der Waals surface area contributed by atoms with E-state index in [0.29, 0.717) is 17.9 Å². The van der Waals surface area contributed by atoms with Crippen LogP contribution in [0.4, 0.5) is 4.39 Å². The zero-order chi connectivity index (χ0) is 14.7. The molecule has 0 amide bonds. The first-order chi connectivity index (χ1) is 9.51. The standard InChI is InChI=1S/C16H17ClFNO/c1-10-5-14(6-11(2)16(10)17)20-9-13-4-3-12(8-19)7-15(13)18/h3-7H,8-9,19H2,1-2H3. The van der Waals surface area contributed by atoms with E-state index in [9.17, 15) is 4.39 Å². The van der Waals surface area contributed by atoms with E-state index in [1.165, 1.54) is 6.07 Å². The Morgan fingerprint density at radius 3 is 2.35 bits per heavy atom. The Labute approximate surface area is 123 Å². The second kappa shape index (κ2) is 6.25. The van der Waals surface area contributed by atoms with E-state index < -0.39 is 0 Å². The predicted octanol–water partition coefficient (Wildman–Crippen LogP) is 4.13. The Balaban J connectivity index is 2.13. The predicted molar refractivity (Wildman–Crippen MR) is 79.5 cm³/mol. The number of halogens is 2. The summed E-state index contributed by atoms with van der Waals surface area (Å²) < 4.78 is 19.4. The van der Waals surface area contributed by atoms with Crippen molar-refractivity contribution in [2.45, 2.75) is 27.0 Å². The minimum Gasteiger partial charge on any atom is -0.489 e. The third kappa shape index (κ3) is 3.30. The zero-order valence-electron chi connectivity index (χ0n) is 11.5. The van der Waals surface area contributed by atoms with E-state index in [4.69, 9.17) is 22.1 Å². The quantitative estimate of drug-likeness (QED) is 0.920. The van der Waals surface area contributed by atoms with Gasteiger partial charge in [-0.05, 0) is 48.7 Å². The first-order valence-corrected chi connectivity index (χ1v) is 6.76. The normalized spacial score (nSPS) is 10.7. The summed E-state index contributed by atoms with van der Waals surface area (Å²) in [5, 5.41) is 0.732. The van der Waals surface area contributed by atoms with Gasteiger partial charge in [-0.1, -0.05) is 23.7 Å². The van der Waals surface area contributed by atoms with Gasteiger partial charge < -0.3 is 10.5 Å². The number of ether oxygens (including phenoxy) is 1. The van der Waals surface area contributed by atoms with Crippen LogP contribution in [0.5, 0.6) is 5.75 Å². The minimum atomic E-state index is -0.296. The van der Waals surface area contributed by atoms with Gasteiger partial charge in [-0.2, -0.15) is 0 Å². The van der Waals surface area contributed by atoms with E-state index in [0.717, 1.165) is 21.7 Å². The summed E-state index contributed by atoms with van der Waals surface area (Å²) >= 11 is 6.10. The number of nitrogens with two attached hydrogens (primary N) is 1. The molecule has 20 heavy (non-hydrogen) atoms. The van der Waals surface area contributed by atoms with Gasteiger partial charge in [0.2, 0.25) is 0 Å². The van der Waals surface area contributed by atoms with Crippen LogP contribution < -0.4 is 10.5 Å². The van der Waals surface area contributed by atoms with Crippen LogP contribution in [0.25, 0.3) is 0 Å². The molecule has 4 heteroatoms. The van der Waals surface area contributed by atoms with Gasteiger partial charge in [-0.15, -0.1) is 0 Å². The third-order valence-corrected chi connectivity index (χ3v) is 3.75. The first kappa shape index (κ1) is 14.8. The Morgan fingerprint density at radius 1 is 1.15 bits per heavy atom. The minimum absolute atomic E-state index is 0.178. The lowest BCUT2D eigenvalue weighted by atomic mass is 10.1. The van der Waals surface area contributed by atoms with Gasteiger partial charge in [0.1, 0.15) is 18.2 Å². The van der Waals surface area contributed by atoms with Crippen molar-refractivity contribution in [2.75, 3.05) is 0 Å². The summed E-state index contributed by atoms with van der Waals surface area (Å²) in [6.07, 6.45) is 0. The van der Waals surface area contributed by atoms with E-state index in [2.05, 4.69) is 0 Å². The molecule has 2 nitrogen and oxygen atoms in total. The molecule has 2 rings (SSSR count). The molecule has 0 spiro atoms. The first-order valence-electron chi connectivity index (χ1n) is 6.38. The van der Waals surface area contributed by atoms with Crippen LogP contribution >= 0.6 is 11.6 Å². The van der Waals surface area contributed by atoms with Crippen molar-refractivity contribution in [3.05, 3.63) is 63.4 Å². The van der Waals surface area contributed by atoms with Crippen molar-refractivity contribution in [1.82, 2.24) is 0 Å². The number of aryl methyl sites for hydroxylation is 2. The molecule has 0 bridgehead atoms. The summed E-state index contributed by atoms with van der Waals surface area (Å²) in [5.41, 5.74) is 8.64. The van der Waals surface area contributed by atoms with Crippen LogP contribution in [-0.4, -0.2) is 0 Å². The van der Waals surface area contributed by atoms with Gasteiger partial charge in [0.15, 0.2) is 0 Å². The van der Waals surface area contributed by atoms with Crippen molar-refractivity contribution < 1.29 is 9.13 Å². The lowest BCUT2D eigenvalue weighted by molar-refractivity contribution is 0.299. The highest BCUT2D eigenvalue weighted by molar-refractivity contribution is 6.32. The SMILES string of the molecule is Cc1cc(OCc2ccc(CN)cc2F)cc(C)c1Cl. The molecule has 0 fully saturated rings. The Kier molecular flexibility index (Phi) is 4.63. The summed E-state index contributed by atoms with van der Waals surface area (Å²) in [7, 11) is 0. The Morgan fingerprint density at radius 2 is 1.80 bits per heavy atom. The van der Waals surface area contributed by atoms with Crippen LogP contribution in [0.1, 0.15) is 22.3 Å². The highest BCUT2D eigenvalue weighted by Crippen LogP contribution is 2.26. The van der Waals surface area contributed by atoms with Gasteiger partial charge in [-0.25, -0.2) is 4.39 Å². The molecule has 0 atom stereocenters. The zero-order valence-corrected chi connectivity index (χ0v) is 12.3. The lowest BCUT2D eigenvalue weighted by Gasteiger charge is -2.11. The molecular formula is C16H17ClFNO. The molecule has 0 aromatic heterocycles. The van der Waals surface area contributed by atoms with Gasteiger partial charge in [-0.3, -0.25) is 0 Å². The molecule has 0 aliphatic heterocycles. The van der Waals surface area contributed by atoms with Gasteiger partial charge >= 0.3 is 0 Å². The van der Waals surface area contributed by atoms with E-state index in [-0.39, 0.29) is 12.4 Å². The number of rotatable bonds is 4. The molecule has 0 aliphatic rings. The van der Waals surface area contributed by atoms with E-state index >= 15 is 0 Å². The number of benzene rings is 2. The molecule has 0 radical (unpaired) electrons. The lowest BCUT2D eigenvalue weighted by Crippen LogP contribution is -2.02. The van der Waals surface area contributed by atoms with Crippen molar-refractivity contribution in [2.24, 2.45) is 5.73 Å². The smallest absolute Gasteiger partial charge is 0.130 e. The molecule has 0 heterocycles. The molecular weight excluding hydrogens is 277 g/mol. The highest BCUT2D eigenvalue weighted by Gasteiger charge is 2.07. The fourth-order valence-electron chi connectivity index (χ4n) is 1.99. The van der Waals surface area contributed by atoms with Gasteiger partial charge in [0.25, 0.3) is 0 Å². The molecule has 2 N–H and O–H groups in total. The van der Waals surface area contributed by atoms with Crippen LogP contribution in [0.15, 0.2) is 30.3 Å². The topological polar surface area (TPSA) is 35.2 Å². The van der Waals surface area contributed by atoms with Crippen LogP contribution in [0.2, 0.25) is 5.02 Å².